The van der Waals surface area contributed by atoms with E-state index in [1.54, 1.807) is 26.0 Å². The van der Waals surface area contributed by atoms with E-state index in [4.69, 9.17) is 9.47 Å². The lowest BCUT2D eigenvalue weighted by molar-refractivity contribution is -0.139. The number of esters is 1. The second-order valence-corrected chi connectivity index (χ2v) is 6.48. The van der Waals surface area contributed by atoms with E-state index in [9.17, 15) is 22.4 Å². The van der Waals surface area contributed by atoms with Crippen molar-refractivity contribution in [3.63, 3.8) is 0 Å². The lowest BCUT2D eigenvalue weighted by Crippen LogP contribution is -2.12. The SMILES string of the molecule is CCC(=O)Oc1cccc(Br)c1COc1cc(F)c(CC)cc1C(F)(F)F. The molecule has 8 heteroatoms. The molecule has 0 aliphatic rings. The summed E-state index contributed by atoms with van der Waals surface area (Å²) in [6.07, 6.45) is -4.44. The molecule has 2 rings (SSSR count). The van der Waals surface area contributed by atoms with Crippen molar-refractivity contribution in [1.29, 1.82) is 0 Å². The summed E-state index contributed by atoms with van der Waals surface area (Å²) in [4.78, 5) is 11.5. The topological polar surface area (TPSA) is 35.5 Å². The lowest BCUT2D eigenvalue weighted by atomic mass is 10.1. The third-order valence-electron chi connectivity index (χ3n) is 3.80. The van der Waals surface area contributed by atoms with Crippen LogP contribution in [0, 0.1) is 5.82 Å². The minimum absolute atomic E-state index is 0.0480. The van der Waals surface area contributed by atoms with Crippen molar-refractivity contribution in [2.75, 3.05) is 0 Å². The molecule has 3 nitrogen and oxygen atoms in total. The van der Waals surface area contributed by atoms with Gasteiger partial charge in [0.15, 0.2) is 0 Å². The van der Waals surface area contributed by atoms with Gasteiger partial charge in [-0.3, -0.25) is 4.79 Å². The number of hydrogen-bond donors (Lipinski definition) is 0. The van der Waals surface area contributed by atoms with Crippen LogP contribution in [0.5, 0.6) is 11.5 Å². The fraction of sp³-hybridized carbons (Fsp3) is 0.316. The van der Waals surface area contributed by atoms with Gasteiger partial charge in [0.05, 0.1) is 5.56 Å². The molecule has 0 aromatic heterocycles. The summed E-state index contributed by atoms with van der Waals surface area (Å²) in [6, 6.07) is 6.23. The summed E-state index contributed by atoms with van der Waals surface area (Å²) in [6.45, 7) is 2.83. The zero-order valence-electron chi connectivity index (χ0n) is 14.6. The fourth-order valence-electron chi connectivity index (χ4n) is 2.33. The van der Waals surface area contributed by atoms with Crippen LogP contribution in [0.25, 0.3) is 0 Å². The quantitative estimate of drug-likeness (QED) is 0.306. The van der Waals surface area contributed by atoms with E-state index in [-0.39, 0.29) is 30.8 Å². The molecule has 0 bridgehead atoms. The monoisotopic (exact) mass is 448 g/mol. The maximum absolute atomic E-state index is 14.0. The Morgan fingerprint density at radius 2 is 1.85 bits per heavy atom. The van der Waals surface area contributed by atoms with Crippen LogP contribution in [0.15, 0.2) is 34.8 Å². The van der Waals surface area contributed by atoms with E-state index in [1.165, 1.54) is 6.07 Å². The van der Waals surface area contributed by atoms with Gasteiger partial charge in [0.25, 0.3) is 0 Å². The third-order valence-corrected chi connectivity index (χ3v) is 4.54. The van der Waals surface area contributed by atoms with Crippen LogP contribution in [-0.4, -0.2) is 5.97 Å². The molecular formula is C19H17BrF4O3. The molecule has 0 spiro atoms. The highest BCUT2D eigenvalue weighted by Gasteiger charge is 2.35. The van der Waals surface area contributed by atoms with E-state index in [0.717, 1.165) is 12.1 Å². The Bertz CT molecular complexity index is 834. The van der Waals surface area contributed by atoms with Crippen LogP contribution >= 0.6 is 15.9 Å². The van der Waals surface area contributed by atoms with Crippen LogP contribution in [0.1, 0.15) is 37.0 Å². The van der Waals surface area contributed by atoms with Gasteiger partial charge in [0.1, 0.15) is 23.9 Å². The smallest absolute Gasteiger partial charge is 0.419 e. The van der Waals surface area contributed by atoms with Gasteiger partial charge in [-0.2, -0.15) is 13.2 Å². The van der Waals surface area contributed by atoms with E-state index < -0.39 is 29.3 Å². The average Bonchev–Trinajstić information content (AvgIpc) is 2.60. The average molecular weight is 449 g/mol. The second kappa shape index (κ2) is 8.73. The molecule has 0 fully saturated rings. The van der Waals surface area contributed by atoms with Crippen molar-refractivity contribution in [1.82, 2.24) is 0 Å². The summed E-state index contributed by atoms with van der Waals surface area (Å²) in [5.74, 6) is -1.73. The Kier molecular flexibility index (Phi) is 6.86. The molecule has 0 aliphatic carbocycles. The molecular weight excluding hydrogens is 432 g/mol. The Hall–Kier alpha value is -2.09. The number of rotatable bonds is 6. The number of benzene rings is 2. The number of carbonyl (C=O) groups is 1. The first kappa shape index (κ1) is 21.2. The molecule has 2 aromatic rings. The van der Waals surface area contributed by atoms with E-state index >= 15 is 0 Å². The van der Waals surface area contributed by atoms with Crippen molar-refractivity contribution < 1.29 is 31.8 Å². The van der Waals surface area contributed by atoms with Crippen LogP contribution in [0.2, 0.25) is 0 Å². The fourth-order valence-corrected chi connectivity index (χ4v) is 2.79. The Morgan fingerprint density at radius 1 is 1.15 bits per heavy atom. The molecule has 0 radical (unpaired) electrons. The molecule has 146 valence electrons. The Labute approximate surface area is 162 Å². The molecule has 0 N–H and O–H groups in total. The van der Waals surface area contributed by atoms with Crippen LogP contribution < -0.4 is 9.47 Å². The largest absolute Gasteiger partial charge is 0.488 e. The highest BCUT2D eigenvalue weighted by Crippen LogP contribution is 2.39. The predicted molar refractivity (Wildman–Crippen MR) is 95.2 cm³/mol. The minimum atomic E-state index is -4.70. The van der Waals surface area contributed by atoms with Gasteiger partial charge in [0, 0.05) is 22.5 Å². The van der Waals surface area contributed by atoms with E-state index in [1.807, 2.05) is 0 Å². The summed E-state index contributed by atoms with van der Waals surface area (Å²) in [7, 11) is 0. The van der Waals surface area contributed by atoms with Gasteiger partial charge in [-0.05, 0) is 30.2 Å². The Balaban J connectivity index is 2.37. The van der Waals surface area contributed by atoms with E-state index in [0.29, 0.717) is 10.0 Å². The number of carbonyl (C=O) groups excluding carboxylic acids is 1. The van der Waals surface area contributed by atoms with Crippen LogP contribution in [0.4, 0.5) is 17.6 Å². The molecule has 0 unspecified atom stereocenters. The molecule has 0 amide bonds. The van der Waals surface area contributed by atoms with Crippen molar-refractivity contribution in [2.24, 2.45) is 0 Å². The number of hydrogen-bond acceptors (Lipinski definition) is 3. The highest BCUT2D eigenvalue weighted by molar-refractivity contribution is 9.10. The highest BCUT2D eigenvalue weighted by atomic mass is 79.9. The van der Waals surface area contributed by atoms with Crippen molar-refractivity contribution in [2.45, 2.75) is 39.5 Å². The summed E-state index contributed by atoms with van der Waals surface area (Å²) in [5.41, 5.74) is -0.763. The van der Waals surface area contributed by atoms with Gasteiger partial charge in [0.2, 0.25) is 0 Å². The number of alkyl halides is 3. The first-order chi connectivity index (χ1) is 12.7. The molecule has 27 heavy (non-hydrogen) atoms. The summed E-state index contributed by atoms with van der Waals surface area (Å²) < 4.78 is 64.9. The van der Waals surface area contributed by atoms with Crippen molar-refractivity contribution >= 4 is 21.9 Å². The van der Waals surface area contributed by atoms with Crippen LogP contribution in [0.3, 0.4) is 0 Å². The van der Waals surface area contributed by atoms with Crippen molar-refractivity contribution in [3.05, 3.63) is 57.3 Å². The standard InChI is InChI=1S/C19H17BrF4O3/c1-3-11-8-13(19(22,23)24)17(9-15(11)21)26-10-12-14(20)6-5-7-16(12)27-18(25)4-2/h5-9H,3-4,10H2,1-2H3. The predicted octanol–water partition coefficient (Wildman–Crippen LogP) is 6.06. The lowest BCUT2D eigenvalue weighted by Gasteiger charge is -2.17. The first-order valence-corrected chi connectivity index (χ1v) is 8.97. The maximum Gasteiger partial charge on any atom is 0.419 e. The van der Waals surface area contributed by atoms with Crippen LogP contribution in [-0.2, 0) is 24.0 Å². The number of ether oxygens (including phenoxy) is 2. The first-order valence-electron chi connectivity index (χ1n) is 8.17. The molecule has 0 aliphatic heterocycles. The minimum Gasteiger partial charge on any atom is -0.488 e. The number of aryl methyl sites for hydroxylation is 1. The molecule has 0 atom stereocenters. The van der Waals surface area contributed by atoms with Gasteiger partial charge in [-0.15, -0.1) is 0 Å². The van der Waals surface area contributed by atoms with Gasteiger partial charge in [-0.25, -0.2) is 4.39 Å². The summed E-state index contributed by atoms with van der Waals surface area (Å²) >= 11 is 3.26. The third kappa shape index (κ3) is 5.22. The molecule has 2 aromatic carbocycles. The zero-order valence-corrected chi connectivity index (χ0v) is 16.2. The normalized spacial score (nSPS) is 11.4. The van der Waals surface area contributed by atoms with Gasteiger partial charge >= 0.3 is 12.1 Å². The second-order valence-electron chi connectivity index (χ2n) is 5.62. The molecule has 0 saturated carbocycles. The molecule has 0 saturated heterocycles. The van der Waals surface area contributed by atoms with Gasteiger partial charge < -0.3 is 9.47 Å². The molecule has 0 heterocycles. The van der Waals surface area contributed by atoms with E-state index in [2.05, 4.69) is 15.9 Å². The zero-order chi connectivity index (χ0) is 20.2. The number of halogens is 5. The maximum atomic E-state index is 14.0. The summed E-state index contributed by atoms with van der Waals surface area (Å²) in [5, 5.41) is 0. The van der Waals surface area contributed by atoms with Gasteiger partial charge in [-0.1, -0.05) is 35.8 Å². The van der Waals surface area contributed by atoms with Crippen molar-refractivity contribution in [3.8, 4) is 11.5 Å². The Morgan fingerprint density at radius 3 is 2.44 bits per heavy atom.